The Kier molecular flexibility index (Phi) is 5.95. The van der Waals surface area contributed by atoms with Gasteiger partial charge in [-0.1, -0.05) is 6.07 Å². The molecule has 0 saturated carbocycles. The molecule has 2 aromatic heterocycles. The SMILES string of the molecule is CN(c1ccc(O)c(-c2ccc(CNC(=O)c3ccoc3)c(N)n2)c1)c1ccc(F)cc1F. The zero-order valence-electron chi connectivity index (χ0n) is 17.5. The van der Waals surface area contributed by atoms with Crippen LogP contribution in [0, 0.1) is 11.6 Å². The summed E-state index contributed by atoms with van der Waals surface area (Å²) >= 11 is 0. The summed E-state index contributed by atoms with van der Waals surface area (Å²) in [7, 11) is 1.63. The van der Waals surface area contributed by atoms with Crippen LogP contribution in [0.25, 0.3) is 11.3 Å². The highest BCUT2D eigenvalue weighted by Crippen LogP contribution is 2.35. The van der Waals surface area contributed by atoms with E-state index < -0.39 is 11.6 Å². The van der Waals surface area contributed by atoms with Crippen LogP contribution in [0.5, 0.6) is 5.75 Å². The number of aromatic nitrogens is 1. The van der Waals surface area contributed by atoms with Gasteiger partial charge in [0.2, 0.25) is 0 Å². The molecule has 4 aromatic rings. The number of hydrogen-bond acceptors (Lipinski definition) is 6. The lowest BCUT2D eigenvalue weighted by Crippen LogP contribution is -2.23. The summed E-state index contributed by atoms with van der Waals surface area (Å²) in [6.45, 7) is 0.154. The molecule has 7 nitrogen and oxygen atoms in total. The van der Waals surface area contributed by atoms with E-state index in [4.69, 9.17) is 10.2 Å². The summed E-state index contributed by atoms with van der Waals surface area (Å²) in [6.07, 6.45) is 2.74. The van der Waals surface area contributed by atoms with Gasteiger partial charge in [0.1, 0.15) is 29.5 Å². The van der Waals surface area contributed by atoms with Crippen LogP contribution in [0.2, 0.25) is 0 Å². The van der Waals surface area contributed by atoms with E-state index in [0.717, 1.165) is 6.07 Å². The van der Waals surface area contributed by atoms with E-state index >= 15 is 0 Å². The number of halogens is 2. The molecule has 0 aliphatic rings. The van der Waals surface area contributed by atoms with Crippen molar-refractivity contribution in [2.45, 2.75) is 6.54 Å². The number of nitrogens with zero attached hydrogens (tertiary/aromatic N) is 2. The molecule has 9 heteroatoms. The van der Waals surface area contributed by atoms with Crippen LogP contribution in [0.1, 0.15) is 15.9 Å². The van der Waals surface area contributed by atoms with Crippen molar-refractivity contribution in [3.05, 3.63) is 89.9 Å². The largest absolute Gasteiger partial charge is 0.507 e. The van der Waals surface area contributed by atoms with Crippen LogP contribution in [0.4, 0.5) is 26.0 Å². The van der Waals surface area contributed by atoms with Crippen LogP contribution in [0.3, 0.4) is 0 Å². The van der Waals surface area contributed by atoms with Gasteiger partial charge in [-0.3, -0.25) is 4.79 Å². The van der Waals surface area contributed by atoms with Crippen molar-refractivity contribution in [2.75, 3.05) is 17.7 Å². The number of phenolic OH excluding ortho intramolecular Hbond substituents is 1. The van der Waals surface area contributed by atoms with E-state index in [1.165, 1.54) is 35.6 Å². The molecule has 0 atom stereocenters. The number of carbonyl (C=O) groups is 1. The van der Waals surface area contributed by atoms with Crippen molar-refractivity contribution >= 4 is 23.1 Å². The van der Waals surface area contributed by atoms with E-state index in [0.29, 0.717) is 28.1 Å². The Hall–Kier alpha value is -4.40. The smallest absolute Gasteiger partial charge is 0.254 e. The van der Waals surface area contributed by atoms with Crippen molar-refractivity contribution in [2.24, 2.45) is 0 Å². The lowest BCUT2D eigenvalue weighted by atomic mass is 10.1. The molecule has 4 rings (SSSR count). The van der Waals surface area contributed by atoms with Gasteiger partial charge in [0.05, 0.1) is 23.2 Å². The lowest BCUT2D eigenvalue weighted by Gasteiger charge is -2.21. The number of pyridine rings is 1. The third-order valence-corrected chi connectivity index (χ3v) is 5.15. The number of carbonyl (C=O) groups excluding carboxylic acids is 1. The van der Waals surface area contributed by atoms with Crippen molar-refractivity contribution in [3.8, 4) is 17.0 Å². The second-order valence-electron chi connectivity index (χ2n) is 7.29. The number of anilines is 3. The topological polar surface area (TPSA) is 105 Å². The van der Waals surface area contributed by atoms with E-state index in [9.17, 15) is 18.7 Å². The van der Waals surface area contributed by atoms with Crippen molar-refractivity contribution < 1.29 is 23.1 Å². The average Bonchev–Trinajstić information content (AvgIpc) is 3.33. The molecule has 2 heterocycles. The van der Waals surface area contributed by atoms with Crippen LogP contribution >= 0.6 is 0 Å². The van der Waals surface area contributed by atoms with Gasteiger partial charge < -0.3 is 25.5 Å². The first kappa shape index (κ1) is 21.8. The number of hydrogen-bond donors (Lipinski definition) is 3. The van der Waals surface area contributed by atoms with Gasteiger partial charge in [-0.15, -0.1) is 0 Å². The van der Waals surface area contributed by atoms with Gasteiger partial charge >= 0.3 is 0 Å². The summed E-state index contributed by atoms with van der Waals surface area (Å²) in [5, 5.41) is 13.1. The number of aromatic hydroxyl groups is 1. The third-order valence-electron chi connectivity index (χ3n) is 5.15. The first-order chi connectivity index (χ1) is 15.8. The molecule has 0 bridgehead atoms. The van der Waals surface area contributed by atoms with Crippen molar-refractivity contribution in [1.82, 2.24) is 10.3 Å². The highest BCUT2D eigenvalue weighted by Gasteiger charge is 2.15. The number of nitrogens with two attached hydrogens (primary N) is 1. The molecule has 0 unspecified atom stereocenters. The average molecular weight is 450 g/mol. The number of rotatable bonds is 6. The molecule has 0 aliphatic carbocycles. The van der Waals surface area contributed by atoms with Gasteiger partial charge in [0.25, 0.3) is 5.91 Å². The van der Waals surface area contributed by atoms with Crippen LogP contribution < -0.4 is 16.0 Å². The second-order valence-corrected chi connectivity index (χ2v) is 7.29. The first-order valence-corrected chi connectivity index (χ1v) is 9.91. The fourth-order valence-corrected chi connectivity index (χ4v) is 3.30. The zero-order chi connectivity index (χ0) is 23.5. The minimum absolute atomic E-state index is 0.0420. The first-order valence-electron chi connectivity index (χ1n) is 9.91. The molecule has 2 aromatic carbocycles. The summed E-state index contributed by atoms with van der Waals surface area (Å²) < 4.78 is 32.4. The lowest BCUT2D eigenvalue weighted by molar-refractivity contribution is 0.0950. The molecule has 33 heavy (non-hydrogen) atoms. The van der Waals surface area contributed by atoms with E-state index in [1.54, 1.807) is 37.4 Å². The maximum atomic E-state index is 14.2. The number of phenols is 1. The fraction of sp³-hybridized carbons (Fsp3) is 0.0833. The monoisotopic (exact) mass is 450 g/mol. The Labute approximate surface area is 188 Å². The number of furan rings is 1. The maximum absolute atomic E-state index is 14.2. The summed E-state index contributed by atoms with van der Waals surface area (Å²) in [4.78, 5) is 17.9. The molecule has 168 valence electrons. The molecule has 0 spiro atoms. The Bertz CT molecular complexity index is 1310. The van der Waals surface area contributed by atoms with Crippen LogP contribution in [-0.2, 0) is 6.54 Å². The fourth-order valence-electron chi connectivity index (χ4n) is 3.30. The summed E-state index contributed by atoms with van der Waals surface area (Å²) in [5.41, 5.74) is 8.55. The summed E-state index contributed by atoms with van der Waals surface area (Å²) in [6, 6.07) is 12.9. The predicted octanol–water partition coefficient (Wildman–Crippen LogP) is 4.61. The molecular weight excluding hydrogens is 430 g/mol. The maximum Gasteiger partial charge on any atom is 0.254 e. The van der Waals surface area contributed by atoms with E-state index in [1.807, 2.05) is 0 Å². The molecular formula is C24H20F2N4O3. The van der Waals surface area contributed by atoms with E-state index in [2.05, 4.69) is 10.3 Å². The highest BCUT2D eigenvalue weighted by molar-refractivity contribution is 5.93. The Balaban J connectivity index is 1.57. The number of nitrogen functional groups attached to an aromatic ring is 1. The van der Waals surface area contributed by atoms with Gasteiger partial charge in [-0.2, -0.15) is 0 Å². The van der Waals surface area contributed by atoms with Crippen molar-refractivity contribution in [1.29, 1.82) is 0 Å². The number of amides is 1. The normalized spacial score (nSPS) is 10.8. The Morgan fingerprint density at radius 1 is 1.15 bits per heavy atom. The Morgan fingerprint density at radius 3 is 2.67 bits per heavy atom. The molecule has 0 aliphatic heterocycles. The van der Waals surface area contributed by atoms with Crippen molar-refractivity contribution in [3.63, 3.8) is 0 Å². The number of benzene rings is 2. The summed E-state index contributed by atoms with van der Waals surface area (Å²) in [5.74, 6) is -1.55. The zero-order valence-corrected chi connectivity index (χ0v) is 17.5. The van der Waals surface area contributed by atoms with Gasteiger partial charge in [-0.25, -0.2) is 13.8 Å². The minimum Gasteiger partial charge on any atom is -0.507 e. The van der Waals surface area contributed by atoms with E-state index in [-0.39, 0.29) is 29.7 Å². The quantitative estimate of drug-likeness (QED) is 0.396. The van der Waals surface area contributed by atoms with Gasteiger partial charge in [0, 0.05) is 36.5 Å². The molecule has 0 fully saturated rings. The third kappa shape index (κ3) is 4.62. The minimum atomic E-state index is -0.712. The van der Waals surface area contributed by atoms with Crippen LogP contribution in [0.15, 0.2) is 71.5 Å². The molecule has 0 radical (unpaired) electrons. The Morgan fingerprint density at radius 2 is 1.97 bits per heavy atom. The standard InChI is InChI=1S/C24H20F2N4O3/c1-30(21-6-3-16(25)10-19(21)26)17-4-7-22(31)18(11-17)20-5-2-14(23(27)29-20)12-28-24(32)15-8-9-33-13-15/h2-11,13,31H,12H2,1H3,(H2,27,29)(H,28,32). The van der Waals surface area contributed by atoms with Crippen LogP contribution in [-0.4, -0.2) is 23.0 Å². The van der Waals surface area contributed by atoms with Gasteiger partial charge in [-0.05, 0) is 42.5 Å². The molecule has 4 N–H and O–H groups in total. The molecule has 1 amide bonds. The highest BCUT2D eigenvalue weighted by atomic mass is 19.1. The number of nitrogens with one attached hydrogen (secondary N) is 1. The predicted molar refractivity (Wildman–Crippen MR) is 120 cm³/mol. The second kappa shape index (κ2) is 8.99. The molecule has 0 saturated heterocycles. The van der Waals surface area contributed by atoms with Gasteiger partial charge in [0.15, 0.2) is 0 Å².